The van der Waals surface area contributed by atoms with Gasteiger partial charge in [-0.1, -0.05) is 30.3 Å². The SMILES string of the molecule is COc1cccc(CN(C)CC(=O)N2CCCc3ccccc32)c1. The highest BCUT2D eigenvalue weighted by atomic mass is 16.5. The standard InChI is InChI=1S/C20H24N2O2/c1-21(14-16-7-5-10-18(13-16)24-2)15-20(23)22-12-6-9-17-8-3-4-11-19(17)22/h3-5,7-8,10-11,13H,6,9,12,14-15H2,1-2H3. The van der Waals surface area contributed by atoms with Gasteiger partial charge in [-0.05, 0) is 49.2 Å². The molecule has 24 heavy (non-hydrogen) atoms. The average Bonchev–Trinajstić information content (AvgIpc) is 2.61. The predicted octanol–water partition coefficient (Wildman–Crippen LogP) is 3.11. The van der Waals surface area contributed by atoms with Gasteiger partial charge in [0, 0.05) is 18.8 Å². The summed E-state index contributed by atoms with van der Waals surface area (Å²) < 4.78 is 5.26. The Morgan fingerprint density at radius 3 is 2.88 bits per heavy atom. The summed E-state index contributed by atoms with van der Waals surface area (Å²) in [6.07, 6.45) is 2.09. The number of likely N-dealkylation sites (N-methyl/N-ethyl adjacent to an activating group) is 1. The number of ether oxygens (including phenoxy) is 1. The number of methoxy groups -OCH3 is 1. The molecule has 0 unspecified atom stereocenters. The van der Waals surface area contributed by atoms with Crippen molar-refractivity contribution in [2.75, 3.05) is 32.1 Å². The third-order valence-corrected chi connectivity index (χ3v) is 4.40. The van der Waals surface area contributed by atoms with E-state index in [-0.39, 0.29) is 5.91 Å². The molecule has 4 nitrogen and oxygen atoms in total. The second kappa shape index (κ2) is 7.49. The van der Waals surface area contributed by atoms with Crippen LogP contribution in [0.15, 0.2) is 48.5 Å². The van der Waals surface area contributed by atoms with Crippen molar-refractivity contribution in [2.45, 2.75) is 19.4 Å². The van der Waals surface area contributed by atoms with Gasteiger partial charge >= 0.3 is 0 Å². The zero-order chi connectivity index (χ0) is 16.9. The molecule has 1 amide bonds. The van der Waals surface area contributed by atoms with Gasteiger partial charge in [0.15, 0.2) is 0 Å². The number of benzene rings is 2. The molecule has 126 valence electrons. The van der Waals surface area contributed by atoms with Crippen LogP contribution in [0.4, 0.5) is 5.69 Å². The van der Waals surface area contributed by atoms with Crippen LogP contribution in [0.1, 0.15) is 17.5 Å². The Labute approximate surface area is 143 Å². The van der Waals surface area contributed by atoms with Crippen molar-refractivity contribution in [1.29, 1.82) is 0 Å². The highest BCUT2D eigenvalue weighted by Gasteiger charge is 2.22. The van der Waals surface area contributed by atoms with Gasteiger partial charge in [0.2, 0.25) is 5.91 Å². The molecule has 0 bridgehead atoms. The number of carbonyl (C=O) groups is 1. The predicted molar refractivity (Wildman–Crippen MR) is 96.4 cm³/mol. The van der Waals surface area contributed by atoms with Crippen molar-refractivity contribution in [3.05, 3.63) is 59.7 Å². The number of nitrogens with zero attached hydrogens (tertiary/aromatic N) is 2. The van der Waals surface area contributed by atoms with Crippen molar-refractivity contribution >= 4 is 11.6 Å². The summed E-state index contributed by atoms with van der Waals surface area (Å²) >= 11 is 0. The molecule has 0 spiro atoms. The Morgan fingerprint density at radius 1 is 1.21 bits per heavy atom. The lowest BCUT2D eigenvalue weighted by Crippen LogP contribution is -2.41. The molecule has 1 aliphatic heterocycles. The van der Waals surface area contributed by atoms with E-state index in [2.05, 4.69) is 18.2 Å². The van der Waals surface area contributed by atoms with E-state index in [1.807, 2.05) is 47.2 Å². The summed E-state index contributed by atoms with van der Waals surface area (Å²) in [7, 11) is 3.65. The third-order valence-electron chi connectivity index (χ3n) is 4.40. The monoisotopic (exact) mass is 324 g/mol. The lowest BCUT2D eigenvalue weighted by Gasteiger charge is -2.31. The summed E-state index contributed by atoms with van der Waals surface area (Å²) in [5.74, 6) is 1.00. The van der Waals surface area contributed by atoms with Gasteiger partial charge in [0.05, 0.1) is 13.7 Å². The maximum Gasteiger partial charge on any atom is 0.241 e. The van der Waals surface area contributed by atoms with Gasteiger partial charge in [-0.25, -0.2) is 0 Å². The molecule has 0 aliphatic carbocycles. The normalized spacial score (nSPS) is 13.7. The molecule has 0 fully saturated rings. The van der Waals surface area contributed by atoms with Gasteiger partial charge in [-0.3, -0.25) is 9.69 Å². The van der Waals surface area contributed by atoms with Crippen LogP contribution in [-0.2, 0) is 17.8 Å². The van der Waals surface area contributed by atoms with E-state index in [0.29, 0.717) is 6.54 Å². The molecule has 1 aliphatic rings. The fourth-order valence-corrected chi connectivity index (χ4v) is 3.25. The molecule has 0 saturated carbocycles. The highest BCUT2D eigenvalue weighted by Crippen LogP contribution is 2.26. The second-order valence-electron chi connectivity index (χ2n) is 6.30. The Bertz CT molecular complexity index is 714. The number of para-hydroxylation sites is 1. The Balaban J connectivity index is 1.64. The van der Waals surface area contributed by atoms with E-state index < -0.39 is 0 Å². The Morgan fingerprint density at radius 2 is 2.04 bits per heavy atom. The smallest absolute Gasteiger partial charge is 0.241 e. The first-order valence-corrected chi connectivity index (χ1v) is 8.37. The highest BCUT2D eigenvalue weighted by molar-refractivity contribution is 5.95. The molecule has 2 aromatic rings. The van der Waals surface area contributed by atoms with E-state index in [0.717, 1.165) is 42.9 Å². The minimum atomic E-state index is 0.160. The minimum Gasteiger partial charge on any atom is -0.497 e. The second-order valence-corrected chi connectivity index (χ2v) is 6.30. The first-order chi connectivity index (χ1) is 11.7. The lowest BCUT2D eigenvalue weighted by molar-refractivity contribution is -0.119. The zero-order valence-electron chi connectivity index (χ0n) is 14.4. The quantitative estimate of drug-likeness (QED) is 0.847. The summed E-state index contributed by atoms with van der Waals surface area (Å²) in [5.41, 5.74) is 3.49. The van der Waals surface area contributed by atoms with E-state index in [1.54, 1.807) is 7.11 Å². The molecule has 3 rings (SSSR count). The van der Waals surface area contributed by atoms with E-state index >= 15 is 0 Å². The van der Waals surface area contributed by atoms with Gasteiger partial charge in [0.25, 0.3) is 0 Å². The largest absolute Gasteiger partial charge is 0.497 e. The summed E-state index contributed by atoms with van der Waals surface area (Å²) in [4.78, 5) is 16.7. The van der Waals surface area contributed by atoms with Crippen molar-refractivity contribution in [3.8, 4) is 5.75 Å². The van der Waals surface area contributed by atoms with Crippen LogP contribution in [-0.4, -0.2) is 38.1 Å². The molecule has 0 saturated heterocycles. The van der Waals surface area contributed by atoms with Crippen LogP contribution in [0.2, 0.25) is 0 Å². The number of amides is 1. The number of anilines is 1. The molecule has 2 aromatic carbocycles. The molecule has 1 heterocycles. The van der Waals surface area contributed by atoms with E-state index in [9.17, 15) is 4.79 Å². The first-order valence-electron chi connectivity index (χ1n) is 8.37. The van der Waals surface area contributed by atoms with Crippen molar-refractivity contribution in [3.63, 3.8) is 0 Å². The van der Waals surface area contributed by atoms with Crippen molar-refractivity contribution in [2.24, 2.45) is 0 Å². The molecule has 0 N–H and O–H groups in total. The molecular weight excluding hydrogens is 300 g/mol. The topological polar surface area (TPSA) is 32.8 Å². The number of hydrogen-bond acceptors (Lipinski definition) is 3. The van der Waals surface area contributed by atoms with E-state index in [1.165, 1.54) is 5.56 Å². The summed E-state index contributed by atoms with van der Waals surface area (Å²) in [5, 5.41) is 0. The summed E-state index contributed by atoms with van der Waals surface area (Å²) in [6, 6.07) is 16.2. The van der Waals surface area contributed by atoms with Gasteiger partial charge in [0.1, 0.15) is 5.75 Å². The van der Waals surface area contributed by atoms with Crippen molar-refractivity contribution < 1.29 is 9.53 Å². The maximum absolute atomic E-state index is 12.7. The van der Waals surface area contributed by atoms with Crippen LogP contribution >= 0.6 is 0 Å². The summed E-state index contributed by atoms with van der Waals surface area (Å²) in [6.45, 7) is 1.94. The van der Waals surface area contributed by atoms with Crippen LogP contribution in [0.3, 0.4) is 0 Å². The molecule has 0 atom stereocenters. The number of carbonyl (C=O) groups excluding carboxylic acids is 1. The average molecular weight is 324 g/mol. The van der Waals surface area contributed by atoms with Crippen LogP contribution in [0.5, 0.6) is 5.75 Å². The number of fused-ring (bicyclic) bond motifs is 1. The van der Waals surface area contributed by atoms with Gasteiger partial charge in [-0.2, -0.15) is 0 Å². The van der Waals surface area contributed by atoms with Crippen LogP contribution in [0, 0.1) is 0 Å². The third kappa shape index (κ3) is 3.77. The Hall–Kier alpha value is -2.33. The van der Waals surface area contributed by atoms with Crippen LogP contribution < -0.4 is 9.64 Å². The van der Waals surface area contributed by atoms with Gasteiger partial charge in [-0.15, -0.1) is 0 Å². The van der Waals surface area contributed by atoms with Gasteiger partial charge < -0.3 is 9.64 Å². The first kappa shape index (κ1) is 16.5. The van der Waals surface area contributed by atoms with Crippen molar-refractivity contribution in [1.82, 2.24) is 4.90 Å². The van der Waals surface area contributed by atoms with Crippen LogP contribution in [0.25, 0.3) is 0 Å². The maximum atomic E-state index is 12.7. The zero-order valence-corrected chi connectivity index (χ0v) is 14.4. The molecular formula is C20H24N2O2. The molecule has 4 heteroatoms. The molecule has 0 aromatic heterocycles. The Kier molecular flexibility index (Phi) is 5.16. The number of aryl methyl sites for hydroxylation is 1. The lowest BCUT2D eigenvalue weighted by atomic mass is 10.0. The number of rotatable bonds is 5. The van der Waals surface area contributed by atoms with E-state index in [4.69, 9.17) is 4.74 Å². The fourth-order valence-electron chi connectivity index (χ4n) is 3.25. The molecule has 0 radical (unpaired) electrons. The minimum absolute atomic E-state index is 0.160. The number of hydrogen-bond donors (Lipinski definition) is 0. The fraction of sp³-hybridized carbons (Fsp3) is 0.350.